The highest BCUT2D eigenvalue weighted by Gasteiger charge is 2.44. The molecule has 1 aromatic heterocycles. The first kappa shape index (κ1) is 18.2. The minimum atomic E-state index is -0.659. The zero-order valence-electron chi connectivity index (χ0n) is 14.4. The Balaban J connectivity index is 1.75. The van der Waals surface area contributed by atoms with Gasteiger partial charge in [-0.3, -0.25) is 9.59 Å². The maximum Gasteiger partial charge on any atom is 0.290 e. The lowest BCUT2D eigenvalue weighted by Gasteiger charge is -2.28. The molecule has 2 aromatic rings. The van der Waals surface area contributed by atoms with Crippen molar-refractivity contribution in [1.82, 2.24) is 4.90 Å². The number of ketones is 1. The molecule has 0 aliphatic carbocycles. The summed E-state index contributed by atoms with van der Waals surface area (Å²) in [6.07, 6.45) is 1.71. The molecule has 1 amide bonds. The highest BCUT2D eigenvalue weighted by molar-refractivity contribution is 7.12. The molecule has 0 unspecified atom stereocenters. The van der Waals surface area contributed by atoms with Gasteiger partial charge in [0, 0.05) is 18.2 Å². The van der Waals surface area contributed by atoms with Crippen LogP contribution in [0.2, 0.25) is 5.02 Å². The van der Waals surface area contributed by atoms with Gasteiger partial charge in [0.15, 0.2) is 5.76 Å². The van der Waals surface area contributed by atoms with Crippen LogP contribution in [0.15, 0.2) is 53.1 Å². The number of nitrogens with zero attached hydrogens (tertiary/aromatic N) is 1. The fraction of sp³-hybridized carbons (Fsp3) is 0.300. The lowest BCUT2D eigenvalue weighted by Crippen LogP contribution is -2.37. The van der Waals surface area contributed by atoms with E-state index in [1.807, 2.05) is 0 Å². The van der Waals surface area contributed by atoms with Crippen LogP contribution < -0.4 is 0 Å². The monoisotopic (exact) mass is 403 g/mol. The molecule has 4 rings (SSSR count). The quantitative estimate of drug-likeness (QED) is 0.761. The van der Waals surface area contributed by atoms with Gasteiger partial charge in [0.05, 0.1) is 22.6 Å². The molecule has 0 radical (unpaired) electrons. The van der Waals surface area contributed by atoms with Crippen molar-refractivity contribution in [2.75, 3.05) is 13.2 Å². The van der Waals surface area contributed by atoms with Crippen LogP contribution in [0.1, 0.15) is 34.1 Å². The molecule has 2 aliphatic rings. The van der Waals surface area contributed by atoms with Crippen LogP contribution in [-0.2, 0) is 9.53 Å². The summed E-state index contributed by atoms with van der Waals surface area (Å²) in [4.78, 5) is 27.9. The molecular formula is C20H18ClNO4S. The van der Waals surface area contributed by atoms with Crippen LogP contribution >= 0.6 is 22.9 Å². The molecule has 27 heavy (non-hydrogen) atoms. The lowest BCUT2D eigenvalue weighted by atomic mass is 9.95. The fourth-order valence-electron chi connectivity index (χ4n) is 3.61. The van der Waals surface area contributed by atoms with Gasteiger partial charge in [-0.2, -0.15) is 0 Å². The number of aliphatic hydroxyl groups excluding tert-OH is 1. The Kier molecular flexibility index (Phi) is 5.04. The fourth-order valence-corrected chi connectivity index (χ4v) is 4.42. The summed E-state index contributed by atoms with van der Waals surface area (Å²) in [5, 5.41) is 12.9. The first-order valence-electron chi connectivity index (χ1n) is 8.75. The van der Waals surface area contributed by atoms with Gasteiger partial charge >= 0.3 is 0 Å². The number of carbonyl (C=O) groups is 2. The molecule has 1 saturated heterocycles. The molecule has 1 N–H and O–H groups in total. The predicted octanol–water partition coefficient (Wildman–Crippen LogP) is 4.16. The van der Waals surface area contributed by atoms with Crippen LogP contribution in [0.25, 0.3) is 0 Å². The molecule has 0 saturated carbocycles. The van der Waals surface area contributed by atoms with E-state index in [0.717, 1.165) is 18.4 Å². The van der Waals surface area contributed by atoms with E-state index in [0.29, 0.717) is 23.1 Å². The minimum absolute atomic E-state index is 0.0901. The Labute approximate surface area is 165 Å². The van der Waals surface area contributed by atoms with Crippen LogP contribution in [0.5, 0.6) is 0 Å². The van der Waals surface area contributed by atoms with Crippen LogP contribution in [0.3, 0.4) is 0 Å². The summed E-state index contributed by atoms with van der Waals surface area (Å²) < 4.78 is 5.67. The average Bonchev–Trinajstić information content (AvgIpc) is 3.41. The summed E-state index contributed by atoms with van der Waals surface area (Å²) in [6.45, 7) is 0.996. The number of hydrogen-bond acceptors (Lipinski definition) is 5. The van der Waals surface area contributed by atoms with Gasteiger partial charge < -0.3 is 14.7 Å². The van der Waals surface area contributed by atoms with Crippen molar-refractivity contribution in [3.8, 4) is 0 Å². The smallest absolute Gasteiger partial charge is 0.290 e. The van der Waals surface area contributed by atoms with E-state index >= 15 is 0 Å². The van der Waals surface area contributed by atoms with Gasteiger partial charge in [-0.25, -0.2) is 0 Å². The van der Waals surface area contributed by atoms with Gasteiger partial charge in [0.2, 0.25) is 5.78 Å². The summed E-state index contributed by atoms with van der Waals surface area (Å²) in [5.41, 5.74) is 0.845. The Morgan fingerprint density at radius 1 is 1.30 bits per heavy atom. The Morgan fingerprint density at radius 2 is 2.07 bits per heavy atom. The van der Waals surface area contributed by atoms with E-state index in [1.165, 1.54) is 16.2 Å². The Morgan fingerprint density at radius 3 is 2.70 bits per heavy atom. The minimum Gasteiger partial charge on any atom is -0.503 e. The number of ether oxygens (including phenoxy) is 1. The molecule has 140 valence electrons. The van der Waals surface area contributed by atoms with Gasteiger partial charge in [-0.05, 0) is 42.0 Å². The number of hydrogen-bond donors (Lipinski definition) is 1. The summed E-state index contributed by atoms with van der Waals surface area (Å²) in [6, 6.07) is 9.80. The third-order valence-electron chi connectivity index (χ3n) is 4.90. The number of rotatable bonds is 5. The number of thiophene rings is 1. The van der Waals surface area contributed by atoms with E-state index in [9.17, 15) is 14.7 Å². The van der Waals surface area contributed by atoms with Crippen molar-refractivity contribution in [2.45, 2.75) is 25.0 Å². The number of halogens is 1. The summed E-state index contributed by atoms with van der Waals surface area (Å²) in [5.74, 6) is -1.35. The topological polar surface area (TPSA) is 66.8 Å². The maximum absolute atomic E-state index is 13.1. The predicted molar refractivity (Wildman–Crippen MR) is 103 cm³/mol. The van der Waals surface area contributed by atoms with E-state index < -0.39 is 17.7 Å². The number of aliphatic hydroxyl groups is 1. The van der Waals surface area contributed by atoms with Crippen LogP contribution in [0, 0.1) is 0 Å². The molecule has 2 aliphatic heterocycles. The molecule has 5 nitrogen and oxygen atoms in total. The third kappa shape index (κ3) is 3.40. The zero-order chi connectivity index (χ0) is 19.0. The number of benzene rings is 1. The van der Waals surface area contributed by atoms with Crippen LogP contribution in [-0.4, -0.2) is 41.0 Å². The number of carbonyl (C=O) groups excluding carboxylic acids is 2. The molecule has 3 heterocycles. The van der Waals surface area contributed by atoms with Gasteiger partial charge in [0.25, 0.3) is 5.91 Å². The van der Waals surface area contributed by atoms with Gasteiger partial charge in [0.1, 0.15) is 0 Å². The molecular weight excluding hydrogens is 386 g/mol. The second-order valence-electron chi connectivity index (χ2n) is 6.62. The molecule has 1 aromatic carbocycles. The number of Topliss-reactive ketones (excluding diaryl/α,β-unsaturated/α-hetero) is 1. The van der Waals surface area contributed by atoms with E-state index in [-0.39, 0.29) is 17.5 Å². The largest absolute Gasteiger partial charge is 0.503 e. The standard InChI is InChI=1S/C20H18ClNO4S/c21-13-7-5-12(6-8-13)17-16(18(23)15-4-2-10-27-15)19(24)20(25)22(17)11-14-3-1-9-26-14/h2,4-8,10,14,17,24H,1,3,9,11H2/t14-,17+/m0/s1. The van der Waals surface area contributed by atoms with Gasteiger partial charge in [-0.1, -0.05) is 29.8 Å². The molecule has 7 heteroatoms. The van der Waals surface area contributed by atoms with Crippen molar-refractivity contribution >= 4 is 34.6 Å². The van der Waals surface area contributed by atoms with E-state index in [4.69, 9.17) is 16.3 Å². The zero-order valence-corrected chi connectivity index (χ0v) is 16.0. The Hall–Kier alpha value is -2.15. The normalized spacial score (nSPS) is 22.7. The molecule has 0 spiro atoms. The van der Waals surface area contributed by atoms with Crippen molar-refractivity contribution in [1.29, 1.82) is 0 Å². The molecule has 2 atom stereocenters. The molecule has 1 fully saturated rings. The lowest BCUT2D eigenvalue weighted by molar-refractivity contribution is -0.131. The Bertz CT molecular complexity index is 885. The van der Waals surface area contributed by atoms with E-state index in [1.54, 1.807) is 41.8 Å². The van der Waals surface area contributed by atoms with Crippen molar-refractivity contribution < 1.29 is 19.4 Å². The van der Waals surface area contributed by atoms with E-state index in [2.05, 4.69) is 0 Å². The highest BCUT2D eigenvalue weighted by Crippen LogP contribution is 2.40. The SMILES string of the molecule is O=C(C1=C(O)C(=O)N(C[C@@H]2CCCO2)[C@@H]1c1ccc(Cl)cc1)c1cccs1. The summed E-state index contributed by atoms with van der Waals surface area (Å²) in [7, 11) is 0. The van der Waals surface area contributed by atoms with Gasteiger partial charge in [-0.15, -0.1) is 11.3 Å². The second kappa shape index (κ2) is 7.46. The number of amides is 1. The summed E-state index contributed by atoms with van der Waals surface area (Å²) >= 11 is 7.29. The maximum atomic E-state index is 13.1. The van der Waals surface area contributed by atoms with Crippen LogP contribution in [0.4, 0.5) is 0 Å². The average molecular weight is 404 g/mol. The first-order valence-corrected chi connectivity index (χ1v) is 10.0. The second-order valence-corrected chi connectivity index (χ2v) is 8.00. The molecule has 0 bridgehead atoms. The van der Waals surface area contributed by atoms with Crippen molar-refractivity contribution in [3.63, 3.8) is 0 Å². The van der Waals surface area contributed by atoms with Crippen molar-refractivity contribution in [3.05, 3.63) is 68.6 Å². The van der Waals surface area contributed by atoms with Crippen molar-refractivity contribution in [2.24, 2.45) is 0 Å². The third-order valence-corrected chi connectivity index (χ3v) is 6.02. The first-order chi connectivity index (χ1) is 13.1. The highest BCUT2D eigenvalue weighted by atomic mass is 35.5.